The van der Waals surface area contributed by atoms with Crippen LogP contribution in [0.25, 0.3) is 0 Å². The van der Waals surface area contributed by atoms with Crippen molar-refractivity contribution in [3.8, 4) is 0 Å². The monoisotopic (exact) mass is 338 g/mol. The van der Waals surface area contributed by atoms with Gasteiger partial charge < -0.3 is 15.5 Å². The number of amides is 3. The molecule has 2 fully saturated rings. The van der Waals surface area contributed by atoms with Gasteiger partial charge in [-0.2, -0.15) is 0 Å². The lowest BCUT2D eigenvalue weighted by Crippen LogP contribution is -2.53. The van der Waals surface area contributed by atoms with Gasteiger partial charge in [-0.05, 0) is 45.2 Å². The van der Waals surface area contributed by atoms with Crippen LogP contribution in [0.3, 0.4) is 0 Å². The molecule has 2 saturated heterocycles. The second-order valence-corrected chi connectivity index (χ2v) is 6.62. The molecule has 0 aromatic rings. The van der Waals surface area contributed by atoms with Crippen molar-refractivity contribution in [3.05, 3.63) is 0 Å². The first kappa shape index (κ1) is 18.7. The maximum atomic E-state index is 12.5. The number of likely N-dealkylation sites (tertiary alicyclic amines) is 2. The quantitative estimate of drug-likeness (QED) is 0.720. The molecule has 2 rings (SSSR count). The van der Waals surface area contributed by atoms with Gasteiger partial charge in [-0.25, -0.2) is 0 Å². The van der Waals surface area contributed by atoms with Gasteiger partial charge in [-0.1, -0.05) is 13.3 Å². The third kappa shape index (κ3) is 4.47. The van der Waals surface area contributed by atoms with E-state index in [4.69, 9.17) is 0 Å². The van der Waals surface area contributed by atoms with E-state index in [0.29, 0.717) is 13.0 Å². The van der Waals surface area contributed by atoms with Crippen LogP contribution in [0.5, 0.6) is 0 Å². The third-order valence-electron chi connectivity index (χ3n) is 4.96. The normalized spacial score (nSPS) is 24.7. The molecule has 2 aliphatic heterocycles. The second kappa shape index (κ2) is 9.01. The van der Waals surface area contributed by atoms with Gasteiger partial charge in [0.25, 0.3) is 0 Å². The Morgan fingerprint density at radius 1 is 1.00 bits per heavy atom. The van der Waals surface area contributed by atoms with Crippen molar-refractivity contribution in [2.24, 2.45) is 0 Å². The summed E-state index contributed by atoms with van der Waals surface area (Å²) in [5.74, 6) is -0.368. The minimum Gasteiger partial charge on any atom is -0.357 e. The number of nitrogens with one attached hydrogen (secondary N) is 2. The van der Waals surface area contributed by atoms with Crippen LogP contribution in [0.1, 0.15) is 45.4 Å². The summed E-state index contributed by atoms with van der Waals surface area (Å²) < 4.78 is 0. The molecule has 2 atom stereocenters. The molecule has 0 aromatic carbocycles. The molecule has 3 amide bonds. The van der Waals surface area contributed by atoms with Gasteiger partial charge in [-0.3, -0.25) is 19.3 Å². The SMILES string of the molecule is CCCN1CCCCC1C(=O)NCC(=O)N1CCCC1C(=O)NC. The molecular formula is C17H30N4O3. The topological polar surface area (TPSA) is 81.8 Å². The van der Waals surface area contributed by atoms with Gasteiger partial charge in [0.2, 0.25) is 17.7 Å². The molecule has 0 saturated carbocycles. The van der Waals surface area contributed by atoms with Gasteiger partial charge in [0.15, 0.2) is 0 Å². The van der Waals surface area contributed by atoms with E-state index in [-0.39, 0.29) is 30.3 Å². The molecule has 0 aliphatic carbocycles. The Labute approximate surface area is 144 Å². The van der Waals surface area contributed by atoms with E-state index in [1.165, 1.54) is 0 Å². The molecule has 7 nitrogen and oxygen atoms in total. The van der Waals surface area contributed by atoms with Gasteiger partial charge in [-0.15, -0.1) is 0 Å². The maximum absolute atomic E-state index is 12.5. The standard InChI is InChI=1S/C17H30N4O3/c1-3-9-20-10-5-4-7-13(20)17(24)19-12-15(22)21-11-6-8-14(21)16(23)18-2/h13-14H,3-12H2,1-2H3,(H,18,23)(H,19,24). The first-order chi connectivity index (χ1) is 11.6. The van der Waals surface area contributed by atoms with E-state index >= 15 is 0 Å². The minimum absolute atomic E-state index is 0.0250. The zero-order valence-corrected chi connectivity index (χ0v) is 14.8. The highest BCUT2D eigenvalue weighted by Gasteiger charge is 2.34. The fourth-order valence-corrected chi connectivity index (χ4v) is 3.73. The second-order valence-electron chi connectivity index (χ2n) is 6.62. The Bertz CT molecular complexity index is 467. The predicted octanol–water partition coefficient (Wildman–Crippen LogP) is 0.104. The van der Waals surface area contributed by atoms with Crippen LogP contribution in [0.15, 0.2) is 0 Å². The molecule has 0 spiro atoms. The zero-order chi connectivity index (χ0) is 17.5. The Balaban J connectivity index is 1.86. The molecule has 0 bridgehead atoms. The van der Waals surface area contributed by atoms with E-state index in [9.17, 15) is 14.4 Å². The Morgan fingerprint density at radius 3 is 2.46 bits per heavy atom. The average Bonchev–Trinajstić information content (AvgIpc) is 3.09. The number of likely N-dealkylation sites (N-methyl/N-ethyl adjacent to an activating group) is 1. The van der Waals surface area contributed by atoms with E-state index in [1.807, 2.05) is 0 Å². The summed E-state index contributed by atoms with van der Waals surface area (Å²) >= 11 is 0. The molecular weight excluding hydrogens is 308 g/mol. The number of carbonyl (C=O) groups excluding carboxylic acids is 3. The molecule has 24 heavy (non-hydrogen) atoms. The van der Waals surface area contributed by atoms with Gasteiger partial charge in [0, 0.05) is 13.6 Å². The number of rotatable bonds is 6. The maximum Gasteiger partial charge on any atom is 0.242 e. The molecule has 7 heteroatoms. The van der Waals surface area contributed by atoms with Crippen LogP contribution < -0.4 is 10.6 Å². The number of hydrogen-bond donors (Lipinski definition) is 2. The molecule has 0 radical (unpaired) electrons. The summed E-state index contributed by atoms with van der Waals surface area (Å²) in [6.07, 6.45) is 5.56. The Kier molecular flexibility index (Phi) is 7.02. The molecule has 2 N–H and O–H groups in total. The smallest absolute Gasteiger partial charge is 0.242 e. The zero-order valence-electron chi connectivity index (χ0n) is 14.8. The van der Waals surface area contributed by atoms with Crippen molar-refractivity contribution >= 4 is 17.7 Å². The van der Waals surface area contributed by atoms with Crippen LogP contribution in [0.2, 0.25) is 0 Å². The molecule has 2 unspecified atom stereocenters. The lowest BCUT2D eigenvalue weighted by molar-refractivity contribution is -0.139. The van der Waals surface area contributed by atoms with Crippen molar-refractivity contribution < 1.29 is 14.4 Å². The van der Waals surface area contributed by atoms with Crippen LogP contribution in [-0.4, -0.2) is 72.8 Å². The average molecular weight is 338 g/mol. The fourth-order valence-electron chi connectivity index (χ4n) is 3.73. The van der Waals surface area contributed by atoms with Crippen molar-refractivity contribution in [2.75, 3.05) is 33.2 Å². The van der Waals surface area contributed by atoms with E-state index in [2.05, 4.69) is 22.5 Å². The Hall–Kier alpha value is -1.63. The minimum atomic E-state index is -0.398. The number of piperidine rings is 1. The van der Waals surface area contributed by atoms with Crippen LogP contribution in [0, 0.1) is 0 Å². The largest absolute Gasteiger partial charge is 0.357 e. The summed E-state index contributed by atoms with van der Waals surface area (Å²) in [5.41, 5.74) is 0. The predicted molar refractivity (Wildman–Crippen MR) is 91.3 cm³/mol. The van der Waals surface area contributed by atoms with Crippen molar-refractivity contribution in [1.29, 1.82) is 0 Å². The van der Waals surface area contributed by atoms with Crippen molar-refractivity contribution in [3.63, 3.8) is 0 Å². The van der Waals surface area contributed by atoms with Crippen molar-refractivity contribution in [1.82, 2.24) is 20.4 Å². The Morgan fingerprint density at radius 2 is 1.75 bits per heavy atom. The lowest BCUT2D eigenvalue weighted by Gasteiger charge is -2.34. The summed E-state index contributed by atoms with van der Waals surface area (Å²) in [5, 5.41) is 5.39. The number of hydrogen-bond acceptors (Lipinski definition) is 4. The van der Waals surface area contributed by atoms with E-state index in [0.717, 1.165) is 45.2 Å². The van der Waals surface area contributed by atoms with Gasteiger partial charge in [0.05, 0.1) is 12.6 Å². The van der Waals surface area contributed by atoms with Crippen LogP contribution >= 0.6 is 0 Å². The highest BCUT2D eigenvalue weighted by Crippen LogP contribution is 2.18. The van der Waals surface area contributed by atoms with E-state index < -0.39 is 6.04 Å². The fraction of sp³-hybridized carbons (Fsp3) is 0.824. The highest BCUT2D eigenvalue weighted by atomic mass is 16.2. The summed E-state index contributed by atoms with van der Waals surface area (Å²) in [6.45, 7) is 4.53. The highest BCUT2D eigenvalue weighted by molar-refractivity contribution is 5.91. The first-order valence-corrected chi connectivity index (χ1v) is 9.11. The number of nitrogens with zero attached hydrogens (tertiary/aromatic N) is 2. The third-order valence-corrected chi connectivity index (χ3v) is 4.96. The van der Waals surface area contributed by atoms with Gasteiger partial charge in [0.1, 0.15) is 6.04 Å². The van der Waals surface area contributed by atoms with Crippen molar-refractivity contribution in [2.45, 2.75) is 57.5 Å². The summed E-state index contributed by atoms with van der Waals surface area (Å²) in [7, 11) is 1.58. The number of carbonyl (C=O) groups is 3. The van der Waals surface area contributed by atoms with E-state index in [1.54, 1.807) is 11.9 Å². The van der Waals surface area contributed by atoms with Gasteiger partial charge >= 0.3 is 0 Å². The summed E-state index contributed by atoms with van der Waals surface area (Å²) in [6, 6.07) is -0.523. The molecule has 2 aliphatic rings. The lowest BCUT2D eigenvalue weighted by atomic mass is 10.0. The molecule has 0 aromatic heterocycles. The van der Waals surface area contributed by atoms with Crippen LogP contribution in [-0.2, 0) is 14.4 Å². The molecule has 136 valence electrons. The molecule has 2 heterocycles. The first-order valence-electron chi connectivity index (χ1n) is 9.11. The summed E-state index contributed by atoms with van der Waals surface area (Å²) in [4.78, 5) is 40.5. The van der Waals surface area contributed by atoms with Crippen LogP contribution in [0.4, 0.5) is 0 Å².